The molecule has 0 aliphatic rings. The van der Waals surface area contributed by atoms with Gasteiger partial charge in [-0.1, -0.05) is 13.8 Å². The van der Waals surface area contributed by atoms with Gasteiger partial charge < -0.3 is 15.4 Å². The Morgan fingerprint density at radius 2 is 1.93 bits per heavy atom. The predicted octanol–water partition coefficient (Wildman–Crippen LogP) is 0.853. The van der Waals surface area contributed by atoms with Crippen molar-refractivity contribution in [3.63, 3.8) is 0 Å². The monoisotopic (exact) mass is 216 g/mol. The van der Waals surface area contributed by atoms with E-state index in [0.29, 0.717) is 12.5 Å². The molecule has 0 bridgehead atoms. The van der Waals surface area contributed by atoms with Crippen LogP contribution in [0, 0.1) is 5.92 Å². The fourth-order valence-electron chi connectivity index (χ4n) is 1.44. The highest BCUT2D eigenvalue weighted by Crippen LogP contribution is 2.07. The quantitative estimate of drug-likeness (QED) is 0.716. The van der Waals surface area contributed by atoms with Gasteiger partial charge in [0.1, 0.15) is 0 Å². The summed E-state index contributed by atoms with van der Waals surface area (Å²) in [6.45, 7) is 6.61. The van der Waals surface area contributed by atoms with E-state index in [0.717, 1.165) is 6.42 Å². The van der Waals surface area contributed by atoms with Gasteiger partial charge in [0.15, 0.2) is 0 Å². The van der Waals surface area contributed by atoms with Crippen LogP contribution < -0.4 is 5.73 Å². The van der Waals surface area contributed by atoms with Gasteiger partial charge in [-0.3, -0.25) is 4.79 Å². The second-order valence-electron chi connectivity index (χ2n) is 4.49. The van der Waals surface area contributed by atoms with Gasteiger partial charge in [0, 0.05) is 14.2 Å². The number of nitrogens with zero attached hydrogens (tertiary/aromatic N) is 1. The third kappa shape index (κ3) is 5.14. The van der Waals surface area contributed by atoms with Crippen molar-refractivity contribution in [3.05, 3.63) is 0 Å². The molecule has 0 saturated carbocycles. The van der Waals surface area contributed by atoms with Crippen LogP contribution >= 0.6 is 0 Å². The molecule has 0 aliphatic carbocycles. The summed E-state index contributed by atoms with van der Waals surface area (Å²) in [7, 11) is 3.40. The average molecular weight is 216 g/mol. The summed E-state index contributed by atoms with van der Waals surface area (Å²) in [6.07, 6.45) is 0.725. The largest absolute Gasteiger partial charge is 0.383 e. The van der Waals surface area contributed by atoms with Crippen molar-refractivity contribution in [2.75, 3.05) is 20.8 Å². The topological polar surface area (TPSA) is 55.6 Å². The van der Waals surface area contributed by atoms with E-state index < -0.39 is 6.04 Å². The number of carbonyl (C=O) groups is 1. The highest BCUT2D eigenvalue weighted by Gasteiger charge is 2.22. The highest BCUT2D eigenvalue weighted by molar-refractivity contribution is 5.81. The molecule has 90 valence electrons. The molecule has 0 heterocycles. The smallest absolute Gasteiger partial charge is 0.239 e. The third-order valence-electron chi connectivity index (χ3n) is 2.46. The van der Waals surface area contributed by atoms with E-state index in [2.05, 4.69) is 13.8 Å². The Bertz CT molecular complexity index is 195. The molecule has 1 amide bonds. The van der Waals surface area contributed by atoms with Crippen LogP contribution in [0.4, 0.5) is 0 Å². The maximum atomic E-state index is 11.8. The maximum Gasteiger partial charge on any atom is 0.239 e. The molecular weight excluding hydrogens is 192 g/mol. The molecular formula is C11H24N2O2. The molecule has 2 atom stereocenters. The van der Waals surface area contributed by atoms with Gasteiger partial charge >= 0.3 is 0 Å². The Labute approximate surface area is 92.8 Å². The summed E-state index contributed by atoms with van der Waals surface area (Å²) < 4.78 is 5.00. The van der Waals surface area contributed by atoms with Crippen molar-refractivity contribution in [2.24, 2.45) is 11.7 Å². The Morgan fingerprint density at radius 3 is 2.33 bits per heavy atom. The van der Waals surface area contributed by atoms with Gasteiger partial charge in [0.2, 0.25) is 5.91 Å². The van der Waals surface area contributed by atoms with Crippen LogP contribution in [0.25, 0.3) is 0 Å². The lowest BCUT2D eigenvalue weighted by Crippen LogP contribution is -2.47. The molecule has 15 heavy (non-hydrogen) atoms. The Morgan fingerprint density at radius 1 is 1.40 bits per heavy atom. The van der Waals surface area contributed by atoms with Crippen molar-refractivity contribution < 1.29 is 9.53 Å². The van der Waals surface area contributed by atoms with Crippen LogP contribution in [0.5, 0.6) is 0 Å². The third-order valence-corrected chi connectivity index (χ3v) is 2.46. The van der Waals surface area contributed by atoms with Crippen LogP contribution in [-0.4, -0.2) is 43.7 Å². The molecule has 0 rings (SSSR count). The number of likely N-dealkylation sites (N-methyl/N-ethyl adjacent to an activating group) is 1. The zero-order chi connectivity index (χ0) is 12.0. The summed E-state index contributed by atoms with van der Waals surface area (Å²) in [5, 5.41) is 0. The zero-order valence-corrected chi connectivity index (χ0v) is 10.5. The van der Waals surface area contributed by atoms with Gasteiger partial charge in [0.05, 0.1) is 18.7 Å². The first kappa shape index (κ1) is 14.4. The Kier molecular flexibility index (Phi) is 6.52. The van der Waals surface area contributed by atoms with E-state index in [4.69, 9.17) is 10.5 Å². The molecule has 0 spiro atoms. The first-order valence-corrected chi connectivity index (χ1v) is 5.41. The minimum absolute atomic E-state index is 0.00625. The van der Waals surface area contributed by atoms with Crippen LogP contribution in [0.3, 0.4) is 0 Å². The first-order valence-electron chi connectivity index (χ1n) is 5.41. The number of hydrogen-bond donors (Lipinski definition) is 1. The number of amides is 1. The van der Waals surface area contributed by atoms with Crippen molar-refractivity contribution in [1.82, 2.24) is 4.90 Å². The number of rotatable bonds is 6. The van der Waals surface area contributed by atoms with E-state index in [1.165, 1.54) is 0 Å². The van der Waals surface area contributed by atoms with E-state index in [9.17, 15) is 4.79 Å². The molecule has 0 aliphatic heterocycles. The fraction of sp³-hybridized carbons (Fsp3) is 0.909. The van der Waals surface area contributed by atoms with Crippen molar-refractivity contribution >= 4 is 5.91 Å². The molecule has 0 saturated heterocycles. The van der Waals surface area contributed by atoms with Crippen molar-refractivity contribution in [3.8, 4) is 0 Å². The average Bonchev–Trinajstić information content (AvgIpc) is 2.14. The van der Waals surface area contributed by atoms with E-state index in [1.807, 2.05) is 6.92 Å². The van der Waals surface area contributed by atoms with Gasteiger partial charge in [-0.05, 0) is 19.3 Å². The van der Waals surface area contributed by atoms with E-state index in [-0.39, 0.29) is 11.9 Å². The summed E-state index contributed by atoms with van der Waals surface area (Å²) >= 11 is 0. The van der Waals surface area contributed by atoms with Crippen LogP contribution in [0.2, 0.25) is 0 Å². The minimum atomic E-state index is -0.394. The Hall–Kier alpha value is -0.610. The van der Waals surface area contributed by atoms with Crippen LogP contribution in [-0.2, 0) is 9.53 Å². The standard InChI is InChI=1S/C11H24N2O2/c1-8(2)6-10(12)11(14)13(4)9(3)7-15-5/h8-10H,6-7,12H2,1-5H3/t9?,10-/m0/s1. The van der Waals surface area contributed by atoms with Crippen LogP contribution in [0.15, 0.2) is 0 Å². The van der Waals surface area contributed by atoms with Crippen molar-refractivity contribution in [1.29, 1.82) is 0 Å². The molecule has 2 N–H and O–H groups in total. The highest BCUT2D eigenvalue weighted by atomic mass is 16.5. The summed E-state index contributed by atoms with van der Waals surface area (Å²) in [4.78, 5) is 13.5. The summed E-state index contributed by atoms with van der Waals surface area (Å²) in [5.41, 5.74) is 5.82. The molecule has 0 aromatic rings. The van der Waals surface area contributed by atoms with Crippen molar-refractivity contribution in [2.45, 2.75) is 39.3 Å². The van der Waals surface area contributed by atoms with Crippen LogP contribution in [0.1, 0.15) is 27.2 Å². The normalized spacial score (nSPS) is 15.1. The zero-order valence-electron chi connectivity index (χ0n) is 10.5. The number of hydrogen-bond acceptors (Lipinski definition) is 3. The lowest BCUT2D eigenvalue weighted by Gasteiger charge is -2.27. The SMILES string of the molecule is COCC(C)N(C)C(=O)[C@@H](N)CC(C)C. The van der Waals surface area contributed by atoms with E-state index >= 15 is 0 Å². The molecule has 1 unspecified atom stereocenters. The second kappa shape index (κ2) is 6.80. The second-order valence-corrected chi connectivity index (χ2v) is 4.49. The minimum Gasteiger partial charge on any atom is -0.383 e. The number of nitrogens with two attached hydrogens (primary N) is 1. The fourth-order valence-corrected chi connectivity index (χ4v) is 1.44. The van der Waals surface area contributed by atoms with Gasteiger partial charge in [0.25, 0.3) is 0 Å². The van der Waals surface area contributed by atoms with Gasteiger partial charge in [-0.25, -0.2) is 0 Å². The van der Waals surface area contributed by atoms with Gasteiger partial charge in [-0.15, -0.1) is 0 Å². The summed E-state index contributed by atoms with van der Waals surface area (Å²) in [5.74, 6) is 0.434. The molecule has 4 heteroatoms. The number of carbonyl (C=O) groups excluding carboxylic acids is 1. The molecule has 0 aromatic heterocycles. The first-order chi connectivity index (χ1) is 6.90. The molecule has 0 aromatic carbocycles. The summed E-state index contributed by atoms with van der Waals surface area (Å²) in [6, 6.07) is -0.324. The number of ether oxygens (including phenoxy) is 1. The van der Waals surface area contributed by atoms with E-state index in [1.54, 1.807) is 19.1 Å². The lowest BCUT2D eigenvalue weighted by atomic mass is 10.0. The lowest BCUT2D eigenvalue weighted by molar-refractivity contribution is -0.134. The maximum absolute atomic E-state index is 11.8. The van der Waals surface area contributed by atoms with Gasteiger partial charge in [-0.2, -0.15) is 0 Å². The molecule has 4 nitrogen and oxygen atoms in total. The molecule has 0 radical (unpaired) electrons. The predicted molar refractivity (Wildman–Crippen MR) is 61.5 cm³/mol. The Balaban J connectivity index is 4.17. The number of methoxy groups -OCH3 is 1. The molecule has 0 fully saturated rings.